The third-order valence-corrected chi connectivity index (χ3v) is 5.50. The number of hydrogen-bond acceptors (Lipinski definition) is 3. The van der Waals surface area contributed by atoms with Crippen LogP contribution in [0.1, 0.15) is 50.3 Å². The molecular formula is C16H22N2O. The van der Waals surface area contributed by atoms with E-state index in [1.165, 1.54) is 38.5 Å². The molecule has 0 aromatic carbocycles. The normalized spacial score (nSPS) is 41.4. The van der Waals surface area contributed by atoms with Crippen LogP contribution in [0.2, 0.25) is 0 Å². The van der Waals surface area contributed by atoms with E-state index in [2.05, 4.69) is 10.3 Å². The van der Waals surface area contributed by atoms with Gasteiger partial charge >= 0.3 is 0 Å². The van der Waals surface area contributed by atoms with Crippen molar-refractivity contribution in [3.63, 3.8) is 0 Å². The van der Waals surface area contributed by atoms with Gasteiger partial charge in [0.05, 0.1) is 0 Å². The maximum absolute atomic E-state index is 10.4. The standard InChI is InChI=1S/C16H22N2O/c19-15(14-1-3-17-4-2-14)18-16-8-11-5-12(9-16)7-13(6-11)10-16/h1-4,11-13,15,18-19H,5-10H2. The topological polar surface area (TPSA) is 45.1 Å². The average Bonchev–Trinajstić information content (AvgIpc) is 2.37. The largest absolute Gasteiger partial charge is 0.374 e. The monoisotopic (exact) mass is 258 g/mol. The third kappa shape index (κ3) is 2.09. The fourth-order valence-corrected chi connectivity index (χ4v) is 5.21. The van der Waals surface area contributed by atoms with E-state index < -0.39 is 6.23 Å². The van der Waals surface area contributed by atoms with Crippen molar-refractivity contribution in [2.75, 3.05) is 0 Å². The van der Waals surface area contributed by atoms with Crippen molar-refractivity contribution in [1.82, 2.24) is 10.3 Å². The van der Waals surface area contributed by atoms with Gasteiger partial charge in [0.25, 0.3) is 0 Å². The summed E-state index contributed by atoms with van der Waals surface area (Å²) in [6.45, 7) is 0. The van der Waals surface area contributed by atoms with Crippen molar-refractivity contribution >= 4 is 0 Å². The number of hydrogen-bond donors (Lipinski definition) is 2. The maximum atomic E-state index is 10.4. The lowest BCUT2D eigenvalue weighted by Gasteiger charge is -2.57. The summed E-state index contributed by atoms with van der Waals surface area (Å²) >= 11 is 0. The molecule has 3 heteroatoms. The minimum Gasteiger partial charge on any atom is -0.374 e. The number of aromatic nitrogens is 1. The first kappa shape index (κ1) is 11.9. The summed E-state index contributed by atoms with van der Waals surface area (Å²) in [5.74, 6) is 2.72. The summed E-state index contributed by atoms with van der Waals surface area (Å²) < 4.78 is 0. The Morgan fingerprint density at radius 1 is 1.05 bits per heavy atom. The summed E-state index contributed by atoms with van der Waals surface area (Å²) in [7, 11) is 0. The molecule has 0 amide bonds. The smallest absolute Gasteiger partial charge is 0.131 e. The SMILES string of the molecule is OC(NC12CC3CC(CC(C3)C1)C2)c1ccncc1. The quantitative estimate of drug-likeness (QED) is 0.819. The molecule has 2 N–H and O–H groups in total. The zero-order valence-corrected chi connectivity index (χ0v) is 11.3. The van der Waals surface area contributed by atoms with E-state index in [0.29, 0.717) is 0 Å². The molecule has 0 saturated heterocycles. The predicted molar refractivity (Wildman–Crippen MR) is 73.2 cm³/mol. The average molecular weight is 258 g/mol. The lowest BCUT2D eigenvalue weighted by Crippen LogP contribution is -2.59. The van der Waals surface area contributed by atoms with Gasteiger partial charge in [-0.05, 0) is 74.0 Å². The van der Waals surface area contributed by atoms with E-state index in [-0.39, 0.29) is 5.54 Å². The number of pyridine rings is 1. The second kappa shape index (κ2) is 4.29. The molecule has 1 heterocycles. The molecule has 4 bridgehead atoms. The van der Waals surface area contributed by atoms with Gasteiger partial charge in [-0.2, -0.15) is 0 Å². The maximum Gasteiger partial charge on any atom is 0.131 e. The van der Waals surface area contributed by atoms with Gasteiger partial charge in [0.1, 0.15) is 6.23 Å². The molecule has 4 fully saturated rings. The van der Waals surface area contributed by atoms with Crippen LogP contribution in [0, 0.1) is 17.8 Å². The zero-order chi connectivity index (χ0) is 12.9. The molecule has 1 unspecified atom stereocenters. The van der Waals surface area contributed by atoms with Gasteiger partial charge in [0.15, 0.2) is 0 Å². The molecule has 5 rings (SSSR count). The van der Waals surface area contributed by atoms with Crippen molar-refractivity contribution in [1.29, 1.82) is 0 Å². The minimum atomic E-state index is -0.542. The number of rotatable bonds is 3. The van der Waals surface area contributed by atoms with Gasteiger partial charge < -0.3 is 5.11 Å². The second-order valence-corrected chi connectivity index (χ2v) is 7.03. The highest BCUT2D eigenvalue weighted by Gasteiger charge is 2.51. The van der Waals surface area contributed by atoms with Crippen molar-refractivity contribution in [2.24, 2.45) is 17.8 Å². The first-order valence-electron chi connectivity index (χ1n) is 7.58. The van der Waals surface area contributed by atoms with E-state index in [0.717, 1.165) is 23.3 Å². The molecular weight excluding hydrogens is 236 g/mol. The fourth-order valence-electron chi connectivity index (χ4n) is 5.21. The van der Waals surface area contributed by atoms with Crippen LogP contribution in [0.5, 0.6) is 0 Å². The van der Waals surface area contributed by atoms with E-state index in [1.807, 2.05) is 12.1 Å². The first-order chi connectivity index (χ1) is 9.22. The van der Waals surface area contributed by atoms with Crippen LogP contribution in [0.3, 0.4) is 0 Å². The Morgan fingerprint density at radius 3 is 2.11 bits per heavy atom. The van der Waals surface area contributed by atoms with Crippen LogP contribution in [0.25, 0.3) is 0 Å². The molecule has 1 atom stereocenters. The summed E-state index contributed by atoms with van der Waals surface area (Å²) in [5, 5.41) is 14.0. The summed E-state index contributed by atoms with van der Waals surface area (Å²) in [6, 6.07) is 3.80. The van der Waals surface area contributed by atoms with Gasteiger partial charge in [0, 0.05) is 17.9 Å². The van der Waals surface area contributed by atoms with Gasteiger partial charge in [-0.1, -0.05) is 0 Å². The molecule has 0 spiro atoms. The lowest BCUT2D eigenvalue weighted by atomic mass is 9.53. The molecule has 3 nitrogen and oxygen atoms in total. The van der Waals surface area contributed by atoms with Crippen LogP contribution in [-0.2, 0) is 0 Å². The molecule has 19 heavy (non-hydrogen) atoms. The van der Waals surface area contributed by atoms with E-state index >= 15 is 0 Å². The number of nitrogens with zero attached hydrogens (tertiary/aromatic N) is 1. The Kier molecular flexibility index (Phi) is 2.68. The highest BCUT2D eigenvalue weighted by atomic mass is 16.3. The molecule has 0 radical (unpaired) electrons. The Morgan fingerprint density at radius 2 is 1.58 bits per heavy atom. The van der Waals surface area contributed by atoms with Crippen LogP contribution >= 0.6 is 0 Å². The van der Waals surface area contributed by atoms with Crippen molar-refractivity contribution in [3.05, 3.63) is 30.1 Å². The van der Waals surface area contributed by atoms with Crippen LogP contribution in [-0.4, -0.2) is 15.6 Å². The molecule has 4 saturated carbocycles. The van der Waals surface area contributed by atoms with Gasteiger partial charge in [-0.25, -0.2) is 0 Å². The molecule has 1 aromatic rings. The fraction of sp³-hybridized carbons (Fsp3) is 0.688. The van der Waals surface area contributed by atoms with E-state index in [4.69, 9.17) is 0 Å². The molecule has 1 aromatic heterocycles. The predicted octanol–water partition coefficient (Wildman–Crippen LogP) is 2.63. The molecule has 4 aliphatic carbocycles. The highest BCUT2D eigenvalue weighted by molar-refractivity contribution is 5.15. The first-order valence-corrected chi connectivity index (χ1v) is 7.58. The molecule has 4 aliphatic rings. The highest BCUT2D eigenvalue weighted by Crippen LogP contribution is 2.56. The van der Waals surface area contributed by atoms with Crippen molar-refractivity contribution in [2.45, 2.75) is 50.3 Å². The summed E-state index contributed by atoms with van der Waals surface area (Å²) in [6.07, 6.45) is 11.1. The van der Waals surface area contributed by atoms with Crippen LogP contribution in [0.15, 0.2) is 24.5 Å². The Labute approximate surface area is 114 Å². The molecule has 0 aliphatic heterocycles. The van der Waals surface area contributed by atoms with Gasteiger partial charge in [0.2, 0.25) is 0 Å². The van der Waals surface area contributed by atoms with Gasteiger partial charge in [-0.15, -0.1) is 0 Å². The Balaban J connectivity index is 1.53. The van der Waals surface area contributed by atoms with Crippen LogP contribution < -0.4 is 5.32 Å². The summed E-state index contributed by atoms with van der Waals surface area (Å²) in [5.41, 5.74) is 1.14. The Bertz CT molecular complexity index is 424. The van der Waals surface area contributed by atoms with Crippen molar-refractivity contribution in [3.8, 4) is 0 Å². The van der Waals surface area contributed by atoms with Gasteiger partial charge in [-0.3, -0.25) is 10.3 Å². The van der Waals surface area contributed by atoms with Crippen molar-refractivity contribution < 1.29 is 5.11 Å². The summed E-state index contributed by atoms with van der Waals surface area (Å²) in [4.78, 5) is 4.02. The van der Waals surface area contributed by atoms with Crippen LogP contribution in [0.4, 0.5) is 0 Å². The number of aliphatic hydroxyl groups is 1. The van der Waals surface area contributed by atoms with E-state index in [9.17, 15) is 5.11 Å². The lowest BCUT2D eigenvalue weighted by molar-refractivity contribution is -0.0487. The second-order valence-electron chi connectivity index (χ2n) is 7.03. The number of nitrogens with one attached hydrogen (secondary N) is 1. The Hall–Kier alpha value is -0.930. The minimum absolute atomic E-state index is 0.206. The molecule has 102 valence electrons. The van der Waals surface area contributed by atoms with E-state index in [1.54, 1.807) is 12.4 Å². The number of aliphatic hydroxyl groups excluding tert-OH is 1. The third-order valence-electron chi connectivity index (χ3n) is 5.50. The zero-order valence-electron chi connectivity index (χ0n) is 11.3.